The van der Waals surface area contributed by atoms with Gasteiger partial charge in [-0.15, -0.1) is 0 Å². The number of anilines is 1. The van der Waals surface area contributed by atoms with Crippen LogP contribution in [0, 0.1) is 18.7 Å². The summed E-state index contributed by atoms with van der Waals surface area (Å²) in [6.45, 7) is 5.70. The van der Waals surface area contributed by atoms with Crippen LogP contribution >= 0.6 is 0 Å². The van der Waals surface area contributed by atoms with Crippen molar-refractivity contribution >= 4 is 27.5 Å². The standard InChI is InChI=1S/C35H38FN3O4S/c1-26(2)23-37-35(41)33(22-28-10-6-4-7-11-28)38(24-29-12-8-5-9-13-29)34(40)25-39(31-18-16-30(36)17-19-31)44(42,43)32-20-14-27(3)15-21-32/h4-21,26,33H,22-25H2,1-3H3,(H,37,41). The van der Waals surface area contributed by atoms with E-state index in [0.29, 0.717) is 6.54 Å². The first-order valence-corrected chi connectivity index (χ1v) is 16.0. The van der Waals surface area contributed by atoms with Gasteiger partial charge in [0.1, 0.15) is 18.4 Å². The van der Waals surface area contributed by atoms with E-state index in [-0.39, 0.29) is 35.4 Å². The second kappa shape index (κ2) is 14.8. The number of hydrogen-bond donors (Lipinski definition) is 1. The Morgan fingerprint density at radius 2 is 1.36 bits per heavy atom. The largest absolute Gasteiger partial charge is 0.354 e. The molecule has 0 aromatic heterocycles. The van der Waals surface area contributed by atoms with Crippen molar-refractivity contribution in [1.29, 1.82) is 0 Å². The zero-order chi connectivity index (χ0) is 31.7. The summed E-state index contributed by atoms with van der Waals surface area (Å²) < 4.78 is 42.9. The summed E-state index contributed by atoms with van der Waals surface area (Å²) in [7, 11) is -4.25. The molecule has 0 heterocycles. The second-order valence-electron chi connectivity index (χ2n) is 11.2. The predicted octanol–water partition coefficient (Wildman–Crippen LogP) is 5.74. The van der Waals surface area contributed by atoms with E-state index in [0.717, 1.165) is 33.1 Å². The monoisotopic (exact) mass is 615 g/mol. The molecule has 0 aliphatic carbocycles. The van der Waals surface area contributed by atoms with E-state index in [1.807, 2.05) is 81.4 Å². The fourth-order valence-electron chi connectivity index (χ4n) is 4.73. The molecule has 0 saturated carbocycles. The van der Waals surface area contributed by atoms with Crippen molar-refractivity contribution in [2.24, 2.45) is 5.92 Å². The lowest BCUT2D eigenvalue weighted by atomic mass is 10.0. The highest BCUT2D eigenvalue weighted by Gasteiger charge is 2.34. The van der Waals surface area contributed by atoms with Crippen LogP contribution in [0.15, 0.2) is 114 Å². The maximum Gasteiger partial charge on any atom is 0.264 e. The maximum absolute atomic E-state index is 14.4. The molecule has 0 aliphatic heterocycles. The van der Waals surface area contributed by atoms with Crippen molar-refractivity contribution in [2.75, 3.05) is 17.4 Å². The van der Waals surface area contributed by atoms with Gasteiger partial charge >= 0.3 is 0 Å². The molecule has 4 aromatic carbocycles. The SMILES string of the molecule is Cc1ccc(S(=O)(=O)N(CC(=O)N(Cc2ccccc2)C(Cc2ccccc2)C(=O)NCC(C)C)c2ccc(F)cc2)cc1. The van der Waals surface area contributed by atoms with E-state index in [1.165, 1.54) is 29.2 Å². The van der Waals surface area contributed by atoms with Gasteiger partial charge in [-0.3, -0.25) is 13.9 Å². The summed E-state index contributed by atoms with van der Waals surface area (Å²) in [5.41, 5.74) is 2.64. The normalized spacial score (nSPS) is 12.0. The Hall–Kier alpha value is -4.50. The molecule has 1 N–H and O–H groups in total. The number of hydrogen-bond acceptors (Lipinski definition) is 4. The third-order valence-corrected chi connectivity index (χ3v) is 8.94. The molecule has 1 unspecified atom stereocenters. The molecule has 0 saturated heterocycles. The summed E-state index contributed by atoms with van der Waals surface area (Å²) in [6, 6.07) is 29.0. The first-order chi connectivity index (χ1) is 21.0. The molecule has 44 heavy (non-hydrogen) atoms. The second-order valence-corrected chi connectivity index (χ2v) is 13.0. The van der Waals surface area contributed by atoms with Crippen molar-refractivity contribution in [3.63, 3.8) is 0 Å². The minimum Gasteiger partial charge on any atom is -0.354 e. The third kappa shape index (κ3) is 8.54. The van der Waals surface area contributed by atoms with Gasteiger partial charge in [-0.1, -0.05) is 92.2 Å². The number of carbonyl (C=O) groups excluding carboxylic acids is 2. The van der Waals surface area contributed by atoms with Gasteiger partial charge in [0.2, 0.25) is 11.8 Å². The first kappa shape index (κ1) is 32.4. The number of nitrogens with one attached hydrogen (secondary N) is 1. The van der Waals surface area contributed by atoms with Crippen LogP contribution < -0.4 is 9.62 Å². The molecule has 0 radical (unpaired) electrons. The Kier molecular flexibility index (Phi) is 10.9. The van der Waals surface area contributed by atoms with E-state index < -0.39 is 34.3 Å². The van der Waals surface area contributed by atoms with Gasteiger partial charge in [0.25, 0.3) is 10.0 Å². The van der Waals surface area contributed by atoms with Crippen molar-refractivity contribution in [2.45, 2.75) is 44.7 Å². The van der Waals surface area contributed by atoms with Gasteiger partial charge < -0.3 is 10.2 Å². The average Bonchev–Trinajstić information content (AvgIpc) is 3.02. The highest BCUT2D eigenvalue weighted by atomic mass is 32.2. The van der Waals surface area contributed by atoms with Crippen LogP contribution in [0.1, 0.15) is 30.5 Å². The van der Waals surface area contributed by atoms with Crippen molar-refractivity contribution in [3.05, 3.63) is 132 Å². The maximum atomic E-state index is 14.4. The van der Waals surface area contributed by atoms with Gasteiger partial charge in [0.15, 0.2) is 0 Å². The number of amides is 2. The fraction of sp³-hybridized carbons (Fsp3) is 0.257. The third-order valence-electron chi connectivity index (χ3n) is 7.15. The summed E-state index contributed by atoms with van der Waals surface area (Å²) in [6.07, 6.45) is 0.227. The van der Waals surface area contributed by atoms with Crippen LogP contribution in [-0.4, -0.2) is 44.3 Å². The lowest BCUT2D eigenvalue weighted by Gasteiger charge is -2.34. The Morgan fingerprint density at radius 3 is 1.93 bits per heavy atom. The Morgan fingerprint density at radius 1 is 0.795 bits per heavy atom. The van der Waals surface area contributed by atoms with Gasteiger partial charge in [-0.2, -0.15) is 0 Å². The van der Waals surface area contributed by atoms with Crippen molar-refractivity contribution in [1.82, 2.24) is 10.2 Å². The number of benzene rings is 4. The summed E-state index contributed by atoms with van der Waals surface area (Å²) >= 11 is 0. The van der Waals surface area contributed by atoms with Gasteiger partial charge in [0.05, 0.1) is 10.6 Å². The lowest BCUT2D eigenvalue weighted by Crippen LogP contribution is -2.53. The van der Waals surface area contributed by atoms with Crippen molar-refractivity contribution in [3.8, 4) is 0 Å². The van der Waals surface area contributed by atoms with Gasteiger partial charge in [-0.25, -0.2) is 12.8 Å². The molecule has 2 amide bonds. The molecular formula is C35H38FN3O4S. The quantitative estimate of drug-likeness (QED) is 0.208. The highest BCUT2D eigenvalue weighted by molar-refractivity contribution is 7.92. The predicted molar refractivity (Wildman–Crippen MR) is 171 cm³/mol. The van der Waals surface area contributed by atoms with Gasteiger partial charge in [-0.05, 0) is 60.4 Å². The van der Waals surface area contributed by atoms with E-state index >= 15 is 0 Å². The molecular weight excluding hydrogens is 577 g/mol. The van der Waals surface area contributed by atoms with Crippen LogP contribution in [0.5, 0.6) is 0 Å². The number of nitrogens with zero attached hydrogens (tertiary/aromatic N) is 2. The Bertz CT molecular complexity index is 1630. The molecule has 230 valence electrons. The van der Waals surface area contributed by atoms with Crippen LogP contribution in [0.2, 0.25) is 0 Å². The Labute approximate surface area is 259 Å². The van der Waals surface area contributed by atoms with E-state index in [4.69, 9.17) is 0 Å². The van der Waals surface area contributed by atoms with E-state index in [9.17, 15) is 22.4 Å². The number of sulfonamides is 1. The number of aryl methyl sites for hydroxylation is 1. The summed E-state index contributed by atoms with van der Waals surface area (Å²) in [4.78, 5) is 29.6. The number of halogens is 1. The highest BCUT2D eigenvalue weighted by Crippen LogP contribution is 2.25. The number of carbonyl (C=O) groups is 2. The van der Waals surface area contributed by atoms with Crippen LogP contribution in [0.3, 0.4) is 0 Å². The Balaban J connectivity index is 1.78. The molecule has 7 nitrogen and oxygen atoms in total. The summed E-state index contributed by atoms with van der Waals surface area (Å²) in [5, 5.41) is 2.97. The minimum atomic E-state index is -4.25. The molecule has 0 spiro atoms. The molecule has 0 bridgehead atoms. The molecule has 0 fully saturated rings. The summed E-state index contributed by atoms with van der Waals surface area (Å²) in [5.74, 6) is -1.26. The molecule has 4 rings (SSSR count). The van der Waals surface area contributed by atoms with E-state index in [2.05, 4.69) is 5.32 Å². The smallest absolute Gasteiger partial charge is 0.264 e. The zero-order valence-electron chi connectivity index (χ0n) is 25.2. The van der Waals surface area contributed by atoms with Gasteiger partial charge in [0, 0.05) is 19.5 Å². The fourth-order valence-corrected chi connectivity index (χ4v) is 6.14. The first-order valence-electron chi connectivity index (χ1n) is 14.5. The number of rotatable bonds is 13. The molecule has 4 aromatic rings. The minimum absolute atomic E-state index is 0.00894. The van der Waals surface area contributed by atoms with E-state index in [1.54, 1.807) is 12.1 Å². The molecule has 1 atom stereocenters. The van der Waals surface area contributed by atoms with Crippen LogP contribution in [-0.2, 0) is 32.6 Å². The van der Waals surface area contributed by atoms with Crippen molar-refractivity contribution < 1.29 is 22.4 Å². The van der Waals surface area contributed by atoms with Crippen LogP contribution in [0.25, 0.3) is 0 Å². The zero-order valence-corrected chi connectivity index (χ0v) is 26.0. The van der Waals surface area contributed by atoms with Crippen LogP contribution in [0.4, 0.5) is 10.1 Å². The lowest BCUT2D eigenvalue weighted by molar-refractivity contribution is -0.140. The topological polar surface area (TPSA) is 86.8 Å². The molecule has 0 aliphatic rings. The average molecular weight is 616 g/mol. The molecule has 9 heteroatoms.